The molecule has 0 spiro atoms. The Hall–Kier alpha value is -4.00. The molecule has 0 aliphatic carbocycles. The lowest BCUT2D eigenvalue weighted by Crippen LogP contribution is -2.54. The second-order valence-corrected chi connectivity index (χ2v) is 7.89. The second-order valence-electron chi connectivity index (χ2n) is 7.89. The van der Waals surface area contributed by atoms with Crippen molar-refractivity contribution in [3.8, 4) is 5.69 Å². The van der Waals surface area contributed by atoms with Gasteiger partial charge in [0, 0.05) is 17.1 Å². The Morgan fingerprint density at radius 3 is 2.25 bits per heavy atom. The normalized spacial score (nSPS) is 15.5. The largest absolute Gasteiger partial charge is 0.335 e. The molecule has 1 aromatic heterocycles. The predicted octanol–water partition coefficient (Wildman–Crippen LogP) is 4.52. The van der Waals surface area contributed by atoms with Gasteiger partial charge in [-0.05, 0) is 81.3 Å². The first-order valence-electron chi connectivity index (χ1n) is 10.1. The molecule has 162 valence electrons. The molecular weight excluding hydrogens is 409 g/mol. The second kappa shape index (κ2) is 7.92. The lowest BCUT2D eigenvalue weighted by molar-refractivity contribution is -0.122. The van der Waals surface area contributed by atoms with Crippen LogP contribution in [0.2, 0.25) is 0 Å². The summed E-state index contributed by atoms with van der Waals surface area (Å²) in [6.45, 7) is 7.92. The van der Waals surface area contributed by atoms with Crippen LogP contribution in [0.25, 0.3) is 11.8 Å². The van der Waals surface area contributed by atoms with Gasteiger partial charge < -0.3 is 4.57 Å². The number of halogens is 1. The standard InChI is InChI=1S/C25H22FN3O3/c1-14-5-10-22(15(2)11-14)28-16(3)12-18(17(28)4)13-21-23(30)27-25(32)29(24(21)31)20-8-6-19(26)7-9-20/h5-13H,1-4H3,(H,27,30,32). The average molecular weight is 431 g/mol. The number of carbonyl (C=O) groups excluding carboxylic acids is 3. The molecule has 4 amide bonds. The Morgan fingerprint density at radius 2 is 1.59 bits per heavy atom. The van der Waals surface area contributed by atoms with Crippen molar-refractivity contribution in [2.75, 3.05) is 4.90 Å². The van der Waals surface area contributed by atoms with E-state index in [1.165, 1.54) is 18.2 Å². The SMILES string of the molecule is Cc1ccc(-n2c(C)cc(C=C3C(=O)NC(=O)N(c4ccc(F)cc4)C3=O)c2C)c(C)c1. The van der Waals surface area contributed by atoms with Crippen molar-refractivity contribution in [1.29, 1.82) is 0 Å². The highest BCUT2D eigenvalue weighted by Gasteiger charge is 2.37. The number of anilines is 1. The van der Waals surface area contributed by atoms with Crippen LogP contribution in [0.5, 0.6) is 0 Å². The third kappa shape index (κ3) is 3.62. The third-order valence-corrected chi connectivity index (χ3v) is 5.55. The molecule has 3 aromatic rings. The number of benzene rings is 2. The van der Waals surface area contributed by atoms with E-state index in [4.69, 9.17) is 0 Å². The Labute approximate surface area is 185 Å². The van der Waals surface area contributed by atoms with E-state index in [0.717, 1.165) is 45.2 Å². The summed E-state index contributed by atoms with van der Waals surface area (Å²) in [5.74, 6) is -2.03. The average Bonchev–Trinajstić information content (AvgIpc) is 3.00. The minimum atomic E-state index is -0.871. The van der Waals surface area contributed by atoms with Crippen LogP contribution >= 0.6 is 0 Å². The summed E-state index contributed by atoms with van der Waals surface area (Å²) in [4.78, 5) is 38.7. The van der Waals surface area contributed by atoms with Crippen molar-refractivity contribution in [1.82, 2.24) is 9.88 Å². The Kier molecular flexibility index (Phi) is 5.26. The maximum Gasteiger partial charge on any atom is 0.335 e. The van der Waals surface area contributed by atoms with Gasteiger partial charge in [0.15, 0.2) is 0 Å². The zero-order valence-corrected chi connectivity index (χ0v) is 18.2. The number of hydrogen-bond acceptors (Lipinski definition) is 3. The zero-order chi connectivity index (χ0) is 23.2. The molecule has 7 heteroatoms. The van der Waals surface area contributed by atoms with Crippen LogP contribution in [0.15, 0.2) is 54.1 Å². The van der Waals surface area contributed by atoms with Gasteiger partial charge in [0.2, 0.25) is 0 Å². The molecule has 2 heterocycles. The van der Waals surface area contributed by atoms with Gasteiger partial charge in [-0.3, -0.25) is 14.9 Å². The first-order chi connectivity index (χ1) is 15.2. The van der Waals surface area contributed by atoms with E-state index >= 15 is 0 Å². The molecule has 0 bridgehead atoms. The Bertz CT molecular complexity index is 1300. The van der Waals surface area contributed by atoms with E-state index in [2.05, 4.69) is 16.0 Å². The fraction of sp³-hybridized carbons (Fsp3) is 0.160. The van der Waals surface area contributed by atoms with E-state index in [-0.39, 0.29) is 11.3 Å². The van der Waals surface area contributed by atoms with Gasteiger partial charge in [-0.2, -0.15) is 0 Å². The number of amides is 4. The summed E-state index contributed by atoms with van der Waals surface area (Å²) in [6.07, 6.45) is 1.49. The topological polar surface area (TPSA) is 71.4 Å². The number of aromatic nitrogens is 1. The van der Waals surface area contributed by atoms with Crippen LogP contribution in [0, 0.1) is 33.5 Å². The quantitative estimate of drug-likeness (QED) is 0.490. The van der Waals surface area contributed by atoms with Crippen molar-refractivity contribution in [2.24, 2.45) is 0 Å². The lowest BCUT2D eigenvalue weighted by Gasteiger charge is -2.26. The molecule has 1 saturated heterocycles. The number of aryl methyl sites for hydroxylation is 3. The molecule has 0 unspecified atom stereocenters. The van der Waals surface area contributed by atoms with Gasteiger partial charge in [-0.25, -0.2) is 14.1 Å². The summed E-state index contributed by atoms with van der Waals surface area (Å²) < 4.78 is 15.3. The molecule has 1 aliphatic heterocycles. The number of barbiturate groups is 1. The van der Waals surface area contributed by atoms with Crippen LogP contribution in [0.1, 0.15) is 28.1 Å². The fourth-order valence-corrected chi connectivity index (χ4v) is 4.00. The Balaban J connectivity index is 1.77. The molecule has 1 N–H and O–H groups in total. The van der Waals surface area contributed by atoms with E-state index in [0.29, 0.717) is 5.56 Å². The van der Waals surface area contributed by atoms with Crippen molar-refractivity contribution in [3.63, 3.8) is 0 Å². The van der Waals surface area contributed by atoms with Crippen LogP contribution < -0.4 is 10.2 Å². The molecule has 2 aromatic carbocycles. The van der Waals surface area contributed by atoms with Crippen molar-refractivity contribution in [3.05, 3.63) is 88.0 Å². The molecule has 32 heavy (non-hydrogen) atoms. The molecule has 0 saturated carbocycles. The van der Waals surface area contributed by atoms with Gasteiger partial charge >= 0.3 is 6.03 Å². The molecule has 1 fully saturated rings. The van der Waals surface area contributed by atoms with Crippen molar-refractivity contribution < 1.29 is 18.8 Å². The number of nitrogens with one attached hydrogen (secondary N) is 1. The number of imide groups is 2. The number of hydrogen-bond donors (Lipinski definition) is 1. The summed E-state index contributed by atoms with van der Waals surface area (Å²) >= 11 is 0. The van der Waals surface area contributed by atoms with Gasteiger partial charge in [-0.15, -0.1) is 0 Å². The van der Waals surface area contributed by atoms with Crippen LogP contribution in [0.4, 0.5) is 14.9 Å². The highest BCUT2D eigenvalue weighted by Crippen LogP contribution is 2.27. The summed E-state index contributed by atoms with van der Waals surface area (Å²) in [7, 11) is 0. The highest BCUT2D eigenvalue weighted by atomic mass is 19.1. The molecule has 6 nitrogen and oxygen atoms in total. The summed E-state index contributed by atoms with van der Waals surface area (Å²) in [6, 6.07) is 12.1. The molecule has 4 rings (SSSR count). The van der Waals surface area contributed by atoms with Gasteiger partial charge in [0.05, 0.1) is 5.69 Å². The number of nitrogens with zero attached hydrogens (tertiary/aromatic N) is 2. The minimum absolute atomic E-state index is 0.171. The van der Waals surface area contributed by atoms with Crippen LogP contribution in [-0.4, -0.2) is 22.4 Å². The maximum absolute atomic E-state index is 13.3. The summed E-state index contributed by atoms with van der Waals surface area (Å²) in [5.41, 5.74) is 5.76. The first-order valence-corrected chi connectivity index (χ1v) is 10.1. The van der Waals surface area contributed by atoms with Crippen molar-refractivity contribution >= 4 is 29.6 Å². The molecular formula is C25H22FN3O3. The highest BCUT2D eigenvalue weighted by molar-refractivity contribution is 6.39. The lowest BCUT2D eigenvalue weighted by atomic mass is 10.1. The van der Waals surface area contributed by atoms with E-state index in [1.54, 1.807) is 0 Å². The summed E-state index contributed by atoms with van der Waals surface area (Å²) in [5, 5.41) is 2.19. The minimum Gasteiger partial charge on any atom is -0.318 e. The van der Waals surface area contributed by atoms with Crippen LogP contribution in [-0.2, 0) is 9.59 Å². The van der Waals surface area contributed by atoms with E-state index < -0.39 is 23.7 Å². The fourth-order valence-electron chi connectivity index (χ4n) is 4.00. The smallest absolute Gasteiger partial charge is 0.318 e. The number of carbonyl (C=O) groups is 3. The first kappa shape index (κ1) is 21.2. The van der Waals surface area contributed by atoms with Gasteiger partial charge in [0.1, 0.15) is 11.4 Å². The van der Waals surface area contributed by atoms with Crippen molar-refractivity contribution in [2.45, 2.75) is 27.7 Å². The maximum atomic E-state index is 13.3. The van der Waals surface area contributed by atoms with Gasteiger partial charge in [0.25, 0.3) is 11.8 Å². The molecule has 1 aliphatic rings. The van der Waals surface area contributed by atoms with Gasteiger partial charge in [-0.1, -0.05) is 17.7 Å². The van der Waals surface area contributed by atoms with Crippen LogP contribution in [0.3, 0.4) is 0 Å². The van der Waals surface area contributed by atoms with E-state index in [9.17, 15) is 18.8 Å². The predicted molar refractivity (Wildman–Crippen MR) is 120 cm³/mol. The zero-order valence-electron chi connectivity index (χ0n) is 18.2. The molecule has 0 radical (unpaired) electrons. The number of rotatable bonds is 3. The number of urea groups is 1. The Morgan fingerprint density at radius 1 is 0.906 bits per heavy atom. The molecule has 0 atom stereocenters. The third-order valence-electron chi connectivity index (χ3n) is 5.55. The van der Waals surface area contributed by atoms with E-state index in [1.807, 2.05) is 45.9 Å². The monoisotopic (exact) mass is 431 g/mol.